The number of rotatable bonds is 4. The lowest BCUT2D eigenvalue weighted by molar-refractivity contribution is 0.0954. The van der Waals surface area contributed by atoms with Crippen LogP contribution in [0.5, 0.6) is 0 Å². The van der Waals surface area contributed by atoms with Gasteiger partial charge in [-0.2, -0.15) is 15.0 Å². The molecule has 24 heavy (non-hydrogen) atoms. The Hall–Kier alpha value is -2.22. The van der Waals surface area contributed by atoms with E-state index in [-0.39, 0.29) is 18.4 Å². The summed E-state index contributed by atoms with van der Waals surface area (Å²) in [6, 6.07) is 2.03. The van der Waals surface area contributed by atoms with Crippen LogP contribution in [0.1, 0.15) is 39.3 Å². The molecule has 8 heteroatoms. The van der Waals surface area contributed by atoms with E-state index < -0.39 is 0 Å². The van der Waals surface area contributed by atoms with Crippen molar-refractivity contribution in [1.82, 2.24) is 20.3 Å². The maximum atomic E-state index is 12.4. The van der Waals surface area contributed by atoms with Crippen molar-refractivity contribution < 1.29 is 4.79 Å². The van der Waals surface area contributed by atoms with Crippen LogP contribution >= 0.6 is 11.3 Å². The molecule has 1 aliphatic carbocycles. The summed E-state index contributed by atoms with van der Waals surface area (Å²) in [5.74, 6) is 1.69. The molecule has 0 saturated carbocycles. The van der Waals surface area contributed by atoms with Gasteiger partial charge in [-0.25, -0.2) is 0 Å². The maximum absolute atomic E-state index is 12.4. The highest BCUT2D eigenvalue weighted by atomic mass is 32.1. The first-order valence-corrected chi connectivity index (χ1v) is 8.81. The molecule has 2 aromatic heterocycles. The Morgan fingerprint density at radius 2 is 2.21 bits per heavy atom. The Bertz CT molecular complexity index is 757. The van der Waals surface area contributed by atoms with Gasteiger partial charge in [-0.3, -0.25) is 4.79 Å². The molecule has 0 aromatic carbocycles. The minimum absolute atomic E-state index is 0.0903. The van der Waals surface area contributed by atoms with Crippen molar-refractivity contribution in [1.29, 1.82) is 0 Å². The first kappa shape index (κ1) is 16.6. The molecule has 0 fully saturated rings. The first-order valence-electron chi connectivity index (χ1n) is 8.00. The monoisotopic (exact) mass is 346 g/mol. The highest BCUT2D eigenvalue weighted by molar-refractivity contribution is 7.14. The molecule has 2 heterocycles. The van der Waals surface area contributed by atoms with E-state index >= 15 is 0 Å². The van der Waals surface area contributed by atoms with Gasteiger partial charge in [0, 0.05) is 19.0 Å². The van der Waals surface area contributed by atoms with Gasteiger partial charge in [-0.05, 0) is 36.8 Å². The number of fused-ring (bicyclic) bond motifs is 1. The number of hydrogen-bond donors (Lipinski definition) is 2. The van der Waals surface area contributed by atoms with E-state index in [1.165, 1.54) is 16.9 Å². The molecular weight excluding hydrogens is 324 g/mol. The summed E-state index contributed by atoms with van der Waals surface area (Å²) in [7, 11) is 3.66. The number of carbonyl (C=O) groups is 1. The van der Waals surface area contributed by atoms with Crippen LogP contribution in [0.3, 0.4) is 0 Å². The van der Waals surface area contributed by atoms with Crippen molar-refractivity contribution in [3.63, 3.8) is 0 Å². The standard InChI is InChI=1S/C16H22N6OS/c1-9-4-5-11-10(6-9)7-12(24-11)14(23)18-8-13-19-15(17)21-16(20-13)22(2)3/h7,9H,4-6,8H2,1-3H3,(H,18,23)(H2,17,19,20,21)/t9-/m0/s1. The number of anilines is 2. The maximum Gasteiger partial charge on any atom is 0.261 e. The molecule has 7 nitrogen and oxygen atoms in total. The summed E-state index contributed by atoms with van der Waals surface area (Å²) in [6.45, 7) is 2.49. The molecule has 3 rings (SSSR count). The molecule has 2 aromatic rings. The van der Waals surface area contributed by atoms with Gasteiger partial charge in [-0.15, -0.1) is 11.3 Å². The Kier molecular flexibility index (Phi) is 4.66. The fraction of sp³-hybridized carbons (Fsp3) is 0.500. The van der Waals surface area contributed by atoms with Crippen molar-refractivity contribution in [2.75, 3.05) is 24.7 Å². The van der Waals surface area contributed by atoms with Gasteiger partial charge in [0.2, 0.25) is 11.9 Å². The molecule has 0 aliphatic heterocycles. The molecule has 1 aliphatic rings. The summed E-state index contributed by atoms with van der Waals surface area (Å²) >= 11 is 1.59. The van der Waals surface area contributed by atoms with Crippen LogP contribution in [-0.2, 0) is 19.4 Å². The summed E-state index contributed by atoms with van der Waals surface area (Å²) in [5, 5.41) is 2.87. The Morgan fingerprint density at radius 3 is 2.96 bits per heavy atom. The topological polar surface area (TPSA) is 97.0 Å². The van der Waals surface area contributed by atoms with E-state index in [0.29, 0.717) is 17.7 Å². The second-order valence-electron chi connectivity index (χ2n) is 6.39. The molecule has 0 spiro atoms. The second kappa shape index (κ2) is 6.72. The SMILES string of the molecule is C[C@H]1CCc2sc(C(=O)NCc3nc(N)nc(N(C)C)n3)cc2C1. The number of thiophene rings is 1. The Balaban J connectivity index is 1.68. The minimum atomic E-state index is -0.0903. The van der Waals surface area contributed by atoms with Crippen LogP contribution in [-0.4, -0.2) is 35.0 Å². The molecule has 0 saturated heterocycles. The number of aromatic nitrogens is 3. The van der Waals surface area contributed by atoms with Gasteiger partial charge in [0.15, 0.2) is 5.82 Å². The summed E-state index contributed by atoms with van der Waals surface area (Å²) in [6.07, 6.45) is 3.34. The fourth-order valence-corrected chi connectivity index (χ4v) is 3.89. The van der Waals surface area contributed by atoms with E-state index in [0.717, 1.165) is 17.7 Å². The molecule has 1 atom stereocenters. The third-order valence-electron chi connectivity index (χ3n) is 4.05. The number of nitrogens with two attached hydrogens (primary N) is 1. The normalized spacial score (nSPS) is 16.5. The van der Waals surface area contributed by atoms with Gasteiger partial charge in [0.25, 0.3) is 5.91 Å². The molecule has 3 N–H and O–H groups in total. The zero-order valence-electron chi connectivity index (χ0n) is 14.2. The highest BCUT2D eigenvalue weighted by Crippen LogP contribution is 2.32. The van der Waals surface area contributed by atoms with Gasteiger partial charge >= 0.3 is 0 Å². The summed E-state index contributed by atoms with van der Waals surface area (Å²) < 4.78 is 0. The van der Waals surface area contributed by atoms with Crippen LogP contribution in [0, 0.1) is 5.92 Å². The number of aryl methyl sites for hydroxylation is 1. The summed E-state index contributed by atoms with van der Waals surface area (Å²) in [5.41, 5.74) is 7.02. The van der Waals surface area contributed by atoms with E-state index in [2.05, 4.69) is 27.2 Å². The number of nitrogen functional groups attached to an aromatic ring is 1. The Labute approximate surface area is 145 Å². The van der Waals surface area contributed by atoms with Gasteiger partial charge in [-0.1, -0.05) is 6.92 Å². The zero-order valence-corrected chi connectivity index (χ0v) is 15.0. The lowest BCUT2D eigenvalue weighted by Crippen LogP contribution is -2.24. The van der Waals surface area contributed by atoms with E-state index in [4.69, 9.17) is 5.73 Å². The zero-order chi connectivity index (χ0) is 17.3. The number of nitrogens with one attached hydrogen (secondary N) is 1. The van der Waals surface area contributed by atoms with Crippen molar-refractivity contribution in [2.45, 2.75) is 32.7 Å². The van der Waals surface area contributed by atoms with E-state index in [1.54, 1.807) is 16.2 Å². The third kappa shape index (κ3) is 3.64. The largest absolute Gasteiger partial charge is 0.368 e. The van der Waals surface area contributed by atoms with E-state index in [9.17, 15) is 4.79 Å². The molecule has 0 radical (unpaired) electrons. The highest BCUT2D eigenvalue weighted by Gasteiger charge is 2.20. The van der Waals surface area contributed by atoms with Crippen LogP contribution in [0.4, 0.5) is 11.9 Å². The van der Waals surface area contributed by atoms with Crippen LogP contribution in [0.2, 0.25) is 0 Å². The average molecular weight is 346 g/mol. The fourth-order valence-electron chi connectivity index (χ4n) is 2.77. The second-order valence-corrected chi connectivity index (χ2v) is 7.53. The predicted molar refractivity (Wildman–Crippen MR) is 95.2 cm³/mol. The lowest BCUT2D eigenvalue weighted by Gasteiger charge is -2.16. The van der Waals surface area contributed by atoms with E-state index in [1.807, 2.05) is 20.2 Å². The molecule has 0 unspecified atom stereocenters. The first-order chi connectivity index (χ1) is 11.4. The Morgan fingerprint density at radius 1 is 1.42 bits per heavy atom. The van der Waals surface area contributed by atoms with Gasteiger partial charge in [0.1, 0.15) is 0 Å². The molecular formula is C16H22N6OS. The number of hydrogen-bond acceptors (Lipinski definition) is 7. The van der Waals surface area contributed by atoms with Crippen molar-refractivity contribution in [3.8, 4) is 0 Å². The lowest BCUT2D eigenvalue weighted by atomic mass is 9.90. The number of amides is 1. The predicted octanol–water partition coefficient (Wildman–Crippen LogP) is 1.64. The van der Waals surface area contributed by atoms with Crippen LogP contribution in [0.15, 0.2) is 6.07 Å². The van der Waals surface area contributed by atoms with Crippen LogP contribution in [0.25, 0.3) is 0 Å². The van der Waals surface area contributed by atoms with Crippen molar-refractivity contribution in [3.05, 3.63) is 27.2 Å². The van der Waals surface area contributed by atoms with Crippen molar-refractivity contribution in [2.24, 2.45) is 5.92 Å². The quantitative estimate of drug-likeness (QED) is 0.873. The van der Waals surface area contributed by atoms with Crippen LogP contribution < -0.4 is 16.0 Å². The smallest absolute Gasteiger partial charge is 0.261 e. The van der Waals surface area contributed by atoms with Gasteiger partial charge < -0.3 is 16.0 Å². The third-order valence-corrected chi connectivity index (χ3v) is 5.28. The molecule has 1 amide bonds. The number of carbonyl (C=O) groups excluding carboxylic acids is 1. The minimum Gasteiger partial charge on any atom is -0.368 e. The molecule has 0 bridgehead atoms. The van der Waals surface area contributed by atoms with Crippen molar-refractivity contribution >= 4 is 29.1 Å². The van der Waals surface area contributed by atoms with Gasteiger partial charge in [0.05, 0.1) is 11.4 Å². The molecule has 128 valence electrons. The average Bonchev–Trinajstić information content (AvgIpc) is 2.95. The number of nitrogens with zero attached hydrogens (tertiary/aromatic N) is 4. The summed E-state index contributed by atoms with van der Waals surface area (Å²) in [4.78, 5) is 28.7.